The van der Waals surface area contributed by atoms with Crippen LogP contribution in [0.1, 0.15) is 26.2 Å². The van der Waals surface area contributed by atoms with Crippen LogP contribution in [0.2, 0.25) is 0 Å². The summed E-state index contributed by atoms with van der Waals surface area (Å²) in [5.41, 5.74) is 2.80. The summed E-state index contributed by atoms with van der Waals surface area (Å²) in [5, 5.41) is 6.61. The van der Waals surface area contributed by atoms with Crippen LogP contribution < -0.4 is 10.6 Å². The van der Waals surface area contributed by atoms with Gasteiger partial charge in [0.2, 0.25) is 11.8 Å². The Kier molecular flexibility index (Phi) is 5.96. The smallest absolute Gasteiger partial charge is 0.224 e. The third-order valence-electron chi connectivity index (χ3n) is 3.93. The average molecular weight is 367 g/mol. The minimum atomic E-state index is -0.0523. The Morgan fingerprint density at radius 1 is 1.04 bits per heavy atom. The van der Waals surface area contributed by atoms with Gasteiger partial charge >= 0.3 is 0 Å². The lowest BCUT2D eigenvalue weighted by Crippen LogP contribution is -2.24. The summed E-state index contributed by atoms with van der Waals surface area (Å²) in [4.78, 5) is 27.7. The first-order valence-electron chi connectivity index (χ1n) is 8.68. The maximum atomic E-state index is 12.0. The summed E-state index contributed by atoms with van der Waals surface area (Å²) in [7, 11) is 0. The van der Waals surface area contributed by atoms with E-state index in [0.29, 0.717) is 25.8 Å². The molecule has 0 atom stereocenters. The molecule has 2 aromatic carbocycles. The third kappa shape index (κ3) is 4.67. The fourth-order valence-electron chi connectivity index (χ4n) is 2.52. The molecule has 6 heteroatoms. The molecule has 2 N–H and O–H groups in total. The molecular formula is C20H21N3O2S. The van der Waals surface area contributed by atoms with Crippen molar-refractivity contribution in [3.63, 3.8) is 0 Å². The highest BCUT2D eigenvalue weighted by Gasteiger charge is 2.07. The molecule has 2 amide bonds. The number of carbonyl (C=O) groups is 2. The third-order valence-corrected chi connectivity index (χ3v) is 5.02. The summed E-state index contributed by atoms with van der Waals surface area (Å²) in [5.74, 6) is -0.0423. The molecule has 0 aliphatic carbocycles. The topological polar surface area (TPSA) is 71.1 Å². The van der Waals surface area contributed by atoms with Crippen LogP contribution >= 0.6 is 11.3 Å². The largest absolute Gasteiger partial charge is 0.356 e. The van der Waals surface area contributed by atoms with E-state index < -0.39 is 0 Å². The van der Waals surface area contributed by atoms with E-state index in [4.69, 9.17) is 0 Å². The lowest BCUT2D eigenvalue weighted by Gasteiger charge is -2.06. The van der Waals surface area contributed by atoms with Crippen LogP contribution in [0.4, 0.5) is 5.69 Å². The number of hydrogen-bond donors (Lipinski definition) is 2. The molecule has 0 fully saturated rings. The molecule has 0 aliphatic heterocycles. The first-order valence-corrected chi connectivity index (χ1v) is 9.50. The highest BCUT2D eigenvalue weighted by Crippen LogP contribution is 2.30. The van der Waals surface area contributed by atoms with Gasteiger partial charge in [-0.15, -0.1) is 11.3 Å². The number of hydrogen-bond acceptors (Lipinski definition) is 4. The molecule has 0 aliphatic rings. The van der Waals surface area contributed by atoms with Crippen molar-refractivity contribution in [3.8, 4) is 10.6 Å². The maximum absolute atomic E-state index is 12.0. The monoisotopic (exact) mass is 367 g/mol. The minimum Gasteiger partial charge on any atom is -0.356 e. The molecule has 0 saturated carbocycles. The van der Waals surface area contributed by atoms with E-state index in [-0.39, 0.29) is 11.8 Å². The second-order valence-electron chi connectivity index (χ2n) is 5.92. The van der Waals surface area contributed by atoms with Gasteiger partial charge in [0.15, 0.2) is 0 Å². The molecule has 26 heavy (non-hydrogen) atoms. The maximum Gasteiger partial charge on any atom is 0.224 e. The summed E-state index contributed by atoms with van der Waals surface area (Å²) in [6.45, 7) is 2.33. The quantitative estimate of drug-likeness (QED) is 0.615. The minimum absolute atomic E-state index is 0.0100. The predicted molar refractivity (Wildman–Crippen MR) is 106 cm³/mol. The fourth-order valence-corrected chi connectivity index (χ4v) is 3.49. The zero-order chi connectivity index (χ0) is 18.4. The average Bonchev–Trinajstić information content (AvgIpc) is 3.09. The van der Waals surface area contributed by atoms with Gasteiger partial charge in [0.1, 0.15) is 5.01 Å². The van der Waals surface area contributed by atoms with Gasteiger partial charge in [0, 0.05) is 30.6 Å². The van der Waals surface area contributed by atoms with Gasteiger partial charge in [-0.1, -0.05) is 19.1 Å². The van der Waals surface area contributed by atoms with Gasteiger partial charge in [-0.25, -0.2) is 4.98 Å². The van der Waals surface area contributed by atoms with Gasteiger partial charge < -0.3 is 10.6 Å². The number of rotatable bonds is 7. The van der Waals surface area contributed by atoms with Crippen molar-refractivity contribution >= 4 is 39.1 Å². The van der Waals surface area contributed by atoms with Gasteiger partial charge in [0.25, 0.3) is 0 Å². The number of amides is 2. The number of carbonyl (C=O) groups excluding carboxylic acids is 2. The molecule has 0 bridgehead atoms. The molecule has 5 nitrogen and oxygen atoms in total. The van der Waals surface area contributed by atoms with Gasteiger partial charge in [-0.2, -0.15) is 0 Å². The zero-order valence-electron chi connectivity index (χ0n) is 14.6. The Bertz CT molecular complexity index is 870. The van der Waals surface area contributed by atoms with E-state index in [1.54, 1.807) is 18.3 Å². The molecule has 0 unspecified atom stereocenters. The standard InChI is InChI=1S/C20H21N3O2S/c1-2-18(24)21-13-5-8-19(25)22-15-11-9-14(10-12-15)20-23-16-6-3-4-7-17(16)26-20/h3-4,6-7,9-12H,2,5,8,13H2,1H3,(H,21,24)(H,22,25). The van der Waals surface area contributed by atoms with E-state index in [1.807, 2.05) is 42.5 Å². The van der Waals surface area contributed by atoms with E-state index in [2.05, 4.69) is 21.7 Å². The van der Waals surface area contributed by atoms with Crippen molar-refractivity contribution in [1.29, 1.82) is 0 Å². The van der Waals surface area contributed by atoms with E-state index in [9.17, 15) is 9.59 Å². The first-order chi connectivity index (χ1) is 12.7. The molecule has 3 aromatic rings. The number of anilines is 1. The van der Waals surface area contributed by atoms with Crippen LogP contribution in [0.25, 0.3) is 20.8 Å². The lowest BCUT2D eigenvalue weighted by atomic mass is 10.2. The second-order valence-corrected chi connectivity index (χ2v) is 6.95. The Labute approximate surface area is 156 Å². The molecule has 3 rings (SSSR count). The first kappa shape index (κ1) is 18.1. The van der Waals surface area contributed by atoms with Crippen LogP contribution in [0, 0.1) is 0 Å². The summed E-state index contributed by atoms with van der Waals surface area (Å²) in [6.07, 6.45) is 1.47. The highest BCUT2D eigenvalue weighted by molar-refractivity contribution is 7.21. The normalized spacial score (nSPS) is 10.7. The van der Waals surface area contributed by atoms with Gasteiger partial charge in [-0.3, -0.25) is 9.59 Å². The van der Waals surface area contributed by atoms with Crippen LogP contribution in [0.15, 0.2) is 48.5 Å². The number of nitrogens with one attached hydrogen (secondary N) is 2. The van der Waals surface area contributed by atoms with Crippen LogP contribution in [-0.2, 0) is 9.59 Å². The summed E-state index contributed by atoms with van der Waals surface area (Å²) in [6, 6.07) is 15.8. The van der Waals surface area contributed by atoms with E-state index >= 15 is 0 Å². The second kappa shape index (κ2) is 8.58. The Morgan fingerprint density at radius 3 is 2.54 bits per heavy atom. The van der Waals surface area contributed by atoms with Crippen LogP contribution in [-0.4, -0.2) is 23.3 Å². The SMILES string of the molecule is CCC(=O)NCCCC(=O)Nc1ccc(-c2nc3ccccc3s2)cc1. The molecular weight excluding hydrogens is 346 g/mol. The van der Waals surface area contributed by atoms with E-state index in [1.165, 1.54) is 0 Å². The molecule has 134 valence electrons. The van der Waals surface area contributed by atoms with Gasteiger partial charge in [0.05, 0.1) is 10.2 Å². The lowest BCUT2D eigenvalue weighted by molar-refractivity contribution is -0.121. The van der Waals surface area contributed by atoms with Crippen molar-refractivity contribution in [3.05, 3.63) is 48.5 Å². The molecule has 1 heterocycles. The fraction of sp³-hybridized carbons (Fsp3) is 0.250. The summed E-state index contributed by atoms with van der Waals surface area (Å²) >= 11 is 1.65. The van der Waals surface area contributed by atoms with Crippen LogP contribution in [0.3, 0.4) is 0 Å². The van der Waals surface area contributed by atoms with Crippen molar-refractivity contribution < 1.29 is 9.59 Å². The number of nitrogens with zero attached hydrogens (tertiary/aromatic N) is 1. The number of thiazole rings is 1. The van der Waals surface area contributed by atoms with Crippen molar-refractivity contribution in [2.75, 3.05) is 11.9 Å². The Hall–Kier alpha value is -2.73. The number of aromatic nitrogens is 1. The number of para-hydroxylation sites is 1. The molecule has 1 aromatic heterocycles. The predicted octanol–water partition coefficient (Wildman–Crippen LogP) is 4.21. The van der Waals surface area contributed by atoms with Crippen molar-refractivity contribution in [2.24, 2.45) is 0 Å². The van der Waals surface area contributed by atoms with Crippen LogP contribution in [0.5, 0.6) is 0 Å². The molecule has 0 spiro atoms. The molecule has 0 radical (unpaired) electrons. The van der Waals surface area contributed by atoms with E-state index in [0.717, 1.165) is 26.5 Å². The Balaban J connectivity index is 1.54. The van der Waals surface area contributed by atoms with Crippen molar-refractivity contribution in [1.82, 2.24) is 10.3 Å². The zero-order valence-corrected chi connectivity index (χ0v) is 15.4. The van der Waals surface area contributed by atoms with Crippen molar-refractivity contribution in [2.45, 2.75) is 26.2 Å². The van der Waals surface area contributed by atoms with Gasteiger partial charge in [-0.05, 0) is 42.8 Å². The summed E-state index contributed by atoms with van der Waals surface area (Å²) < 4.78 is 1.16. The molecule has 0 saturated heterocycles. The number of fused-ring (bicyclic) bond motifs is 1. The highest BCUT2D eigenvalue weighted by atomic mass is 32.1. The number of benzene rings is 2. The Morgan fingerprint density at radius 2 is 1.81 bits per heavy atom.